The summed E-state index contributed by atoms with van der Waals surface area (Å²) >= 11 is 0. The molecule has 0 aliphatic heterocycles. The summed E-state index contributed by atoms with van der Waals surface area (Å²) in [7, 11) is 0. The van der Waals surface area contributed by atoms with Crippen LogP contribution in [0.1, 0.15) is 32.9 Å². The van der Waals surface area contributed by atoms with Crippen molar-refractivity contribution in [3.63, 3.8) is 0 Å². The number of nitrogens with zero attached hydrogens (tertiary/aromatic N) is 1. The Morgan fingerprint density at radius 3 is 2.72 bits per heavy atom. The molecule has 102 valence electrons. The summed E-state index contributed by atoms with van der Waals surface area (Å²) in [5.41, 5.74) is 1.03. The monoisotopic (exact) mass is 252 g/mol. The van der Waals surface area contributed by atoms with Crippen molar-refractivity contribution in [2.24, 2.45) is 0 Å². The van der Waals surface area contributed by atoms with Crippen LogP contribution in [-0.4, -0.2) is 30.8 Å². The van der Waals surface area contributed by atoms with Crippen LogP contribution in [-0.2, 0) is 11.3 Å². The summed E-state index contributed by atoms with van der Waals surface area (Å²) in [6, 6.07) is 4.43. The second kappa shape index (κ2) is 8.89. The molecule has 18 heavy (non-hydrogen) atoms. The Balaban J connectivity index is 2.23. The van der Waals surface area contributed by atoms with Gasteiger partial charge in [0.1, 0.15) is 5.75 Å². The molecule has 0 saturated carbocycles. The van der Waals surface area contributed by atoms with Gasteiger partial charge in [-0.15, -0.1) is 0 Å². The average Bonchev–Trinajstić information content (AvgIpc) is 2.37. The number of hydrogen-bond donors (Lipinski definition) is 1. The van der Waals surface area contributed by atoms with Crippen LogP contribution in [0.2, 0.25) is 0 Å². The number of hydrogen-bond acceptors (Lipinski definition) is 4. The minimum absolute atomic E-state index is 0.473. The van der Waals surface area contributed by atoms with Crippen molar-refractivity contribution in [1.82, 2.24) is 10.3 Å². The smallest absolute Gasteiger partial charge is 0.137 e. The SMILES string of the molecule is CCOCCCOc1ccc(CNC(C)C)nc1. The van der Waals surface area contributed by atoms with Crippen LogP contribution in [0.5, 0.6) is 5.75 Å². The molecular weight excluding hydrogens is 228 g/mol. The molecule has 1 N–H and O–H groups in total. The Hall–Kier alpha value is -1.13. The van der Waals surface area contributed by atoms with E-state index in [0.717, 1.165) is 37.6 Å². The van der Waals surface area contributed by atoms with Crippen LogP contribution in [0.15, 0.2) is 18.3 Å². The van der Waals surface area contributed by atoms with Crippen molar-refractivity contribution in [3.8, 4) is 5.75 Å². The first-order valence-electron chi connectivity index (χ1n) is 6.61. The van der Waals surface area contributed by atoms with Gasteiger partial charge < -0.3 is 14.8 Å². The molecule has 0 aliphatic carbocycles. The largest absolute Gasteiger partial charge is 0.492 e. The standard InChI is InChI=1S/C14H24N2O2/c1-4-17-8-5-9-18-14-7-6-13(16-11-14)10-15-12(2)3/h6-7,11-12,15H,4-5,8-10H2,1-3H3. The third-order valence-electron chi connectivity index (χ3n) is 2.39. The molecule has 0 bridgehead atoms. The van der Waals surface area contributed by atoms with Gasteiger partial charge in [0.15, 0.2) is 0 Å². The molecule has 0 spiro atoms. The van der Waals surface area contributed by atoms with E-state index in [1.165, 1.54) is 0 Å². The molecule has 0 aliphatic rings. The lowest BCUT2D eigenvalue weighted by molar-refractivity contribution is 0.131. The second-order valence-electron chi connectivity index (χ2n) is 4.42. The highest BCUT2D eigenvalue weighted by atomic mass is 16.5. The maximum Gasteiger partial charge on any atom is 0.137 e. The van der Waals surface area contributed by atoms with Crippen LogP contribution in [0.25, 0.3) is 0 Å². The van der Waals surface area contributed by atoms with Crippen molar-refractivity contribution < 1.29 is 9.47 Å². The summed E-state index contributed by atoms with van der Waals surface area (Å²) < 4.78 is 10.8. The fraction of sp³-hybridized carbons (Fsp3) is 0.643. The van der Waals surface area contributed by atoms with E-state index >= 15 is 0 Å². The van der Waals surface area contributed by atoms with E-state index in [1.807, 2.05) is 19.1 Å². The van der Waals surface area contributed by atoms with Crippen LogP contribution >= 0.6 is 0 Å². The number of aromatic nitrogens is 1. The zero-order chi connectivity index (χ0) is 13.2. The number of rotatable bonds is 9. The van der Waals surface area contributed by atoms with E-state index in [9.17, 15) is 0 Å². The van der Waals surface area contributed by atoms with E-state index in [-0.39, 0.29) is 0 Å². The Labute approximate surface area is 110 Å². The molecule has 0 fully saturated rings. The van der Waals surface area contributed by atoms with Crippen molar-refractivity contribution in [1.29, 1.82) is 0 Å². The molecule has 0 radical (unpaired) electrons. The van der Waals surface area contributed by atoms with Gasteiger partial charge in [0.05, 0.1) is 18.5 Å². The minimum atomic E-state index is 0.473. The van der Waals surface area contributed by atoms with Crippen molar-refractivity contribution >= 4 is 0 Å². The third kappa shape index (κ3) is 6.57. The summed E-state index contributed by atoms with van der Waals surface area (Å²) in [5.74, 6) is 0.819. The average molecular weight is 252 g/mol. The Kier molecular flexibility index (Phi) is 7.37. The lowest BCUT2D eigenvalue weighted by Gasteiger charge is -2.09. The molecule has 1 heterocycles. The van der Waals surface area contributed by atoms with Crippen LogP contribution in [0, 0.1) is 0 Å². The van der Waals surface area contributed by atoms with Gasteiger partial charge >= 0.3 is 0 Å². The first-order valence-corrected chi connectivity index (χ1v) is 6.61. The van der Waals surface area contributed by atoms with Crippen LogP contribution < -0.4 is 10.1 Å². The Morgan fingerprint density at radius 1 is 1.28 bits per heavy atom. The number of ether oxygens (including phenoxy) is 2. The zero-order valence-corrected chi connectivity index (χ0v) is 11.6. The van der Waals surface area contributed by atoms with Crippen molar-refractivity contribution in [2.45, 2.75) is 39.8 Å². The van der Waals surface area contributed by atoms with Gasteiger partial charge in [-0.05, 0) is 19.1 Å². The molecule has 0 saturated heterocycles. The molecule has 0 aromatic carbocycles. The molecule has 0 unspecified atom stereocenters. The molecule has 4 nitrogen and oxygen atoms in total. The van der Waals surface area contributed by atoms with Gasteiger partial charge in [0, 0.05) is 32.2 Å². The van der Waals surface area contributed by atoms with E-state index < -0.39 is 0 Å². The second-order valence-corrected chi connectivity index (χ2v) is 4.42. The molecular formula is C14H24N2O2. The fourth-order valence-electron chi connectivity index (χ4n) is 1.40. The predicted octanol–water partition coefficient (Wildman–Crippen LogP) is 2.39. The zero-order valence-electron chi connectivity index (χ0n) is 11.6. The van der Waals surface area contributed by atoms with Crippen LogP contribution in [0.4, 0.5) is 0 Å². The number of pyridine rings is 1. The maximum absolute atomic E-state index is 5.57. The third-order valence-corrected chi connectivity index (χ3v) is 2.39. The molecule has 4 heteroatoms. The first kappa shape index (κ1) is 14.9. The fourth-order valence-corrected chi connectivity index (χ4v) is 1.40. The maximum atomic E-state index is 5.57. The molecule has 1 aromatic heterocycles. The minimum Gasteiger partial charge on any atom is -0.492 e. The highest BCUT2D eigenvalue weighted by Crippen LogP contribution is 2.09. The lowest BCUT2D eigenvalue weighted by atomic mass is 10.3. The highest BCUT2D eigenvalue weighted by molar-refractivity contribution is 5.19. The molecule has 1 aromatic rings. The number of nitrogens with one attached hydrogen (secondary N) is 1. The summed E-state index contributed by atoms with van der Waals surface area (Å²) in [5, 5.41) is 3.33. The van der Waals surface area contributed by atoms with Crippen LogP contribution in [0.3, 0.4) is 0 Å². The van der Waals surface area contributed by atoms with E-state index in [1.54, 1.807) is 6.20 Å². The van der Waals surface area contributed by atoms with Gasteiger partial charge in [-0.3, -0.25) is 4.98 Å². The topological polar surface area (TPSA) is 43.4 Å². The first-order chi connectivity index (χ1) is 8.72. The summed E-state index contributed by atoms with van der Waals surface area (Å²) in [6.07, 6.45) is 2.68. The Bertz CT molecular complexity index is 312. The van der Waals surface area contributed by atoms with Gasteiger partial charge in [0.2, 0.25) is 0 Å². The molecule has 0 atom stereocenters. The molecule has 0 amide bonds. The van der Waals surface area contributed by atoms with E-state index in [0.29, 0.717) is 12.6 Å². The van der Waals surface area contributed by atoms with Crippen molar-refractivity contribution in [2.75, 3.05) is 19.8 Å². The summed E-state index contributed by atoms with van der Waals surface area (Å²) in [4.78, 5) is 4.35. The van der Waals surface area contributed by atoms with Gasteiger partial charge in [0.25, 0.3) is 0 Å². The van der Waals surface area contributed by atoms with E-state index in [4.69, 9.17) is 9.47 Å². The van der Waals surface area contributed by atoms with E-state index in [2.05, 4.69) is 24.1 Å². The van der Waals surface area contributed by atoms with Gasteiger partial charge in [-0.25, -0.2) is 0 Å². The quantitative estimate of drug-likeness (QED) is 0.685. The summed E-state index contributed by atoms with van der Waals surface area (Å²) in [6.45, 7) is 9.22. The molecule has 1 rings (SSSR count). The predicted molar refractivity (Wildman–Crippen MR) is 72.8 cm³/mol. The van der Waals surface area contributed by atoms with Crippen molar-refractivity contribution in [3.05, 3.63) is 24.0 Å². The lowest BCUT2D eigenvalue weighted by Crippen LogP contribution is -2.22. The van der Waals surface area contributed by atoms with Gasteiger partial charge in [-0.1, -0.05) is 13.8 Å². The van der Waals surface area contributed by atoms with Gasteiger partial charge in [-0.2, -0.15) is 0 Å². The Morgan fingerprint density at radius 2 is 2.11 bits per heavy atom. The normalized spacial score (nSPS) is 10.9. The highest BCUT2D eigenvalue weighted by Gasteiger charge is 1.98.